The van der Waals surface area contributed by atoms with E-state index in [9.17, 15) is 4.79 Å². The number of esters is 1. The van der Waals surface area contributed by atoms with Crippen LogP contribution in [0, 0.1) is 0 Å². The molecule has 1 aliphatic heterocycles. The molecule has 0 saturated carbocycles. The largest absolute Gasteiger partial charge is 0.497 e. The van der Waals surface area contributed by atoms with Crippen LogP contribution in [0.1, 0.15) is 23.0 Å². The number of fused-ring (bicyclic) bond motifs is 3. The fourth-order valence-electron chi connectivity index (χ4n) is 3.47. The standard InChI is InChI=1S/C22H21BrN2O6/c1-5-30-22(26)20-16-11-31-18-10-19(29-4)17(23)9-15(18)21(16)25(24-20)12-6-13(27-2)8-14(7-12)28-3/h6-10H,5,11H2,1-4H3. The second-order valence-corrected chi connectivity index (χ2v) is 7.50. The number of hydrogen-bond acceptors (Lipinski definition) is 7. The van der Waals surface area contributed by atoms with E-state index < -0.39 is 5.97 Å². The molecule has 2 aromatic carbocycles. The fraction of sp³-hybridized carbons (Fsp3) is 0.273. The molecular weight excluding hydrogens is 468 g/mol. The van der Waals surface area contributed by atoms with Crippen molar-refractivity contribution in [1.82, 2.24) is 9.78 Å². The van der Waals surface area contributed by atoms with Crippen molar-refractivity contribution in [3.8, 4) is 39.9 Å². The molecule has 1 aromatic heterocycles. The highest BCUT2D eigenvalue weighted by Gasteiger charge is 2.32. The zero-order valence-electron chi connectivity index (χ0n) is 17.5. The van der Waals surface area contributed by atoms with Crippen LogP contribution in [0.2, 0.25) is 0 Å². The number of hydrogen-bond donors (Lipinski definition) is 0. The summed E-state index contributed by atoms with van der Waals surface area (Å²) in [7, 11) is 4.74. The average molecular weight is 489 g/mol. The Hall–Kier alpha value is -3.20. The molecule has 0 fully saturated rings. The maximum Gasteiger partial charge on any atom is 0.359 e. The number of aromatic nitrogens is 2. The van der Waals surface area contributed by atoms with Gasteiger partial charge in [-0.05, 0) is 28.9 Å². The van der Waals surface area contributed by atoms with Crippen LogP contribution >= 0.6 is 15.9 Å². The number of carbonyl (C=O) groups is 1. The minimum absolute atomic E-state index is 0.169. The third-order valence-corrected chi connectivity index (χ3v) is 5.53. The topological polar surface area (TPSA) is 81.0 Å². The molecule has 0 amide bonds. The summed E-state index contributed by atoms with van der Waals surface area (Å²) in [6.07, 6.45) is 0. The van der Waals surface area contributed by atoms with E-state index in [1.807, 2.05) is 18.2 Å². The maximum atomic E-state index is 12.7. The molecule has 0 aliphatic carbocycles. The summed E-state index contributed by atoms with van der Waals surface area (Å²) in [5, 5.41) is 4.61. The number of rotatable bonds is 6. The summed E-state index contributed by atoms with van der Waals surface area (Å²) in [5.41, 5.74) is 3.01. The van der Waals surface area contributed by atoms with E-state index in [1.165, 1.54) is 0 Å². The average Bonchev–Trinajstić information content (AvgIpc) is 3.18. The van der Waals surface area contributed by atoms with E-state index in [-0.39, 0.29) is 18.9 Å². The Morgan fingerprint density at radius 1 is 1.10 bits per heavy atom. The quantitative estimate of drug-likeness (QED) is 0.475. The van der Waals surface area contributed by atoms with Crippen LogP contribution in [0.5, 0.6) is 23.0 Å². The minimum Gasteiger partial charge on any atom is -0.497 e. The van der Waals surface area contributed by atoms with Gasteiger partial charge in [-0.25, -0.2) is 9.48 Å². The number of benzene rings is 2. The van der Waals surface area contributed by atoms with Gasteiger partial charge in [0.25, 0.3) is 0 Å². The summed E-state index contributed by atoms with van der Waals surface area (Å²) in [6.45, 7) is 2.17. The Bertz CT molecular complexity index is 1140. The summed E-state index contributed by atoms with van der Waals surface area (Å²) in [4.78, 5) is 12.7. The summed E-state index contributed by atoms with van der Waals surface area (Å²) in [6, 6.07) is 9.09. The Morgan fingerprint density at radius 2 is 1.81 bits per heavy atom. The van der Waals surface area contributed by atoms with Crippen LogP contribution in [-0.4, -0.2) is 43.7 Å². The van der Waals surface area contributed by atoms with Crippen LogP contribution in [0.3, 0.4) is 0 Å². The van der Waals surface area contributed by atoms with Gasteiger partial charge >= 0.3 is 5.97 Å². The van der Waals surface area contributed by atoms with Gasteiger partial charge in [0.2, 0.25) is 0 Å². The predicted molar refractivity (Wildman–Crippen MR) is 117 cm³/mol. The molecule has 0 atom stereocenters. The molecule has 0 bridgehead atoms. The first kappa shape index (κ1) is 21.0. The molecule has 2 heterocycles. The molecule has 0 radical (unpaired) electrons. The predicted octanol–water partition coefficient (Wildman–Crippen LogP) is 4.40. The van der Waals surface area contributed by atoms with Gasteiger partial charge in [-0.1, -0.05) is 0 Å². The molecular formula is C22H21BrN2O6. The number of ether oxygens (including phenoxy) is 5. The van der Waals surface area contributed by atoms with E-state index in [0.717, 1.165) is 15.7 Å². The summed E-state index contributed by atoms with van der Waals surface area (Å²) >= 11 is 3.53. The van der Waals surface area contributed by atoms with Crippen LogP contribution in [-0.2, 0) is 11.3 Å². The van der Waals surface area contributed by atoms with Gasteiger partial charge < -0.3 is 23.7 Å². The Balaban J connectivity index is 2.00. The van der Waals surface area contributed by atoms with Crippen molar-refractivity contribution in [3.63, 3.8) is 0 Å². The highest BCUT2D eigenvalue weighted by atomic mass is 79.9. The van der Waals surface area contributed by atoms with Crippen molar-refractivity contribution in [2.45, 2.75) is 13.5 Å². The minimum atomic E-state index is -0.507. The first-order valence-electron chi connectivity index (χ1n) is 9.53. The zero-order valence-corrected chi connectivity index (χ0v) is 19.1. The van der Waals surface area contributed by atoms with E-state index in [2.05, 4.69) is 21.0 Å². The maximum absolute atomic E-state index is 12.7. The van der Waals surface area contributed by atoms with Crippen LogP contribution in [0.25, 0.3) is 16.9 Å². The fourth-order valence-corrected chi connectivity index (χ4v) is 3.98. The lowest BCUT2D eigenvalue weighted by Crippen LogP contribution is -2.12. The molecule has 0 unspecified atom stereocenters. The van der Waals surface area contributed by atoms with Gasteiger partial charge in [0, 0.05) is 29.8 Å². The molecule has 0 spiro atoms. The van der Waals surface area contributed by atoms with E-state index in [1.54, 1.807) is 45.1 Å². The third-order valence-electron chi connectivity index (χ3n) is 4.91. The third kappa shape index (κ3) is 3.69. The molecule has 162 valence electrons. The van der Waals surface area contributed by atoms with Gasteiger partial charge in [0.05, 0.1) is 49.4 Å². The van der Waals surface area contributed by atoms with Crippen LogP contribution < -0.4 is 18.9 Å². The lowest BCUT2D eigenvalue weighted by atomic mass is 10.0. The Kier molecular flexibility index (Phi) is 5.77. The van der Waals surface area contributed by atoms with Crippen molar-refractivity contribution in [2.75, 3.05) is 27.9 Å². The van der Waals surface area contributed by atoms with Gasteiger partial charge in [-0.15, -0.1) is 0 Å². The van der Waals surface area contributed by atoms with E-state index >= 15 is 0 Å². The SMILES string of the molecule is CCOC(=O)c1nn(-c2cc(OC)cc(OC)c2)c2c1COc1cc(OC)c(Br)cc1-2. The second-order valence-electron chi connectivity index (χ2n) is 6.65. The molecule has 3 aromatic rings. The van der Waals surface area contributed by atoms with E-state index in [0.29, 0.717) is 34.2 Å². The van der Waals surface area contributed by atoms with Gasteiger partial charge in [0.15, 0.2) is 5.69 Å². The van der Waals surface area contributed by atoms with Gasteiger partial charge in [-0.3, -0.25) is 0 Å². The molecule has 0 N–H and O–H groups in total. The van der Waals surface area contributed by atoms with Crippen LogP contribution in [0.4, 0.5) is 0 Å². The first-order chi connectivity index (χ1) is 15.0. The monoisotopic (exact) mass is 488 g/mol. The summed E-state index contributed by atoms with van der Waals surface area (Å²) < 4.78 is 29.8. The number of methoxy groups -OCH3 is 3. The van der Waals surface area contributed by atoms with Crippen molar-refractivity contribution >= 4 is 21.9 Å². The molecule has 9 heteroatoms. The molecule has 1 aliphatic rings. The molecule has 8 nitrogen and oxygen atoms in total. The highest BCUT2D eigenvalue weighted by Crippen LogP contribution is 2.45. The van der Waals surface area contributed by atoms with Crippen molar-refractivity contribution in [1.29, 1.82) is 0 Å². The first-order valence-corrected chi connectivity index (χ1v) is 10.3. The van der Waals surface area contributed by atoms with Crippen molar-refractivity contribution < 1.29 is 28.5 Å². The number of halogens is 1. The Morgan fingerprint density at radius 3 is 2.42 bits per heavy atom. The van der Waals surface area contributed by atoms with Crippen molar-refractivity contribution in [3.05, 3.63) is 46.1 Å². The highest BCUT2D eigenvalue weighted by molar-refractivity contribution is 9.10. The normalized spacial score (nSPS) is 11.8. The molecule has 31 heavy (non-hydrogen) atoms. The molecule has 0 saturated heterocycles. The Labute approximate surface area is 187 Å². The summed E-state index contributed by atoms with van der Waals surface area (Å²) in [5.74, 6) is 1.95. The smallest absolute Gasteiger partial charge is 0.359 e. The number of carbonyl (C=O) groups excluding carboxylic acids is 1. The second kappa shape index (κ2) is 8.50. The van der Waals surface area contributed by atoms with E-state index in [4.69, 9.17) is 23.7 Å². The lowest BCUT2D eigenvalue weighted by molar-refractivity contribution is 0.0516. The van der Waals surface area contributed by atoms with Gasteiger partial charge in [-0.2, -0.15) is 5.10 Å². The number of nitrogens with zero attached hydrogens (tertiary/aromatic N) is 2. The zero-order chi connectivity index (χ0) is 22.1. The van der Waals surface area contributed by atoms with Crippen LogP contribution in [0.15, 0.2) is 34.8 Å². The van der Waals surface area contributed by atoms with Crippen molar-refractivity contribution in [2.24, 2.45) is 0 Å². The molecule has 4 rings (SSSR count). The van der Waals surface area contributed by atoms with Gasteiger partial charge in [0.1, 0.15) is 29.6 Å². The lowest BCUT2D eigenvalue weighted by Gasteiger charge is -2.21.